The van der Waals surface area contributed by atoms with Gasteiger partial charge in [-0.25, -0.2) is 9.59 Å². The van der Waals surface area contributed by atoms with E-state index in [9.17, 15) is 19.7 Å². The number of dihydropyridines is 1. The summed E-state index contributed by atoms with van der Waals surface area (Å²) >= 11 is 0. The van der Waals surface area contributed by atoms with Crippen LogP contribution in [0.1, 0.15) is 38.2 Å². The molecule has 0 saturated carbocycles. The van der Waals surface area contributed by atoms with Crippen molar-refractivity contribution in [1.29, 1.82) is 0 Å². The number of non-ortho nitro benzene ring substituents is 1. The average Bonchev–Trinajstić information content (AvgIpc) is 3.24. The summed E-state index contributed by atoms with van der Waals surface area (Å²) in [6, 6.07) is 5.86. The Bertz CT molecular complexity index is 929. The van der Waals surface area contributed by atoms with Crippen LogP contribution < -0.4 is 5.32 Å². The zero-order valence-corrected chi connectivity index (χ0v) is 17.1. The number of esters is 2. The first kappa shape index (κ1) is 21.5. The molecule has 0 spiro atoms. The van der Waals surface area contributed by atoms with Gasteiger partial charge in [0.2, 0.25) is 0 Å². The van der Waals surface area contributed by atoms with Gasteiger partial charge in [0.05, 0.1) is 35.2 Å². The van der Waals surface area contributed by atoms with Crippen molar-refractivity contribution >= 4 is 17.6 Å². The van der Waals surface area contributed by atoms with E-state index in [1.54, 1.807) is 19.9 Å². The zero-order chi connectivity index (χ0) is 21.8. The molecule has 1 aromatic rings. The van der Waals surface area contributed by atoms with E-state index < -0.39 is 22.8 Å². The molecule has 1 saturated heterocycles. The Morgan fingerprint density at radius 3 is 2.53 bits per heavy atom. The summed E-state index contributed by atoms with van der Waals surface area (Å²) in [7, 11) is 1.24. The maximum absolute atomic E-state index is 13.0. The van der Waals surface area contributed by atoms with E-state index in [-0.39, 0.29) is 29.5 Å². The predicted octanol–water partition coefficient (Wildman–Crippen LogP) is 2.72. The Kier molecular flexibility index (Phi) is 6.51. The smallest absolute Gasteiger partial charge is 0.336 e. The van der Waals surface area contributed by atoms with Gasteiger partial charge >= 0.3 is 11.9 Å². The first-order chi connectivity index (χ1) is 14.3. The van der Waals surface area contributed by atoms with Gasteiger partial charge in [0.25, 0.3) is 5.69 Å². The van der Waals surface area contributed by atoms with Crippen LogP contribution in [0.4, 0.5) is 5.69 Å². The molecule has 2 heterocycles. The number of allylic oxidation sites excluding steroid dienone is 2. The van der Waals surface area contributed by atoms with Crippen molar-refractivity contribution in [3.8, 4) is 0 Å². The van der Waals surface area contributed by atoms with Crippen LogP contribution in [-0.4, -0.2) is 43.3 Å². The molecule has 2 aliphatic rings. The summed E-state index contributed by atoms with van der Waals surface area (Å²) in [5.41, 5.74) is 1.71. The molecule has 9 heteroatoms. The van der Waals surface area contributed by atoms with Gasteiger partial charge in [-0.3, -0.25) is 10.1 Å². The van der Waals surface area contributed by atoms with Crippen molar-refractivity contribution in [1.82, 2.24) is 5.32 Å². The van der Waals surface area contributed by atoms with E-state index in [1.807, 2.05) is 0 Å². The third-order valence-corrected chi connectivity index (χ3v) is 5.22. The standard InChI is InChI=1S/C21H24N2O7/c1-12-17(20(24)28-3)19(14-6-4-7-15(10-14)23(26)27)18(13(2)22-12)21(25)30-11-16-8-5-9-29-16/h4,6-7,10,16,19,22H,5,8-9,11H2,1-3H3/t16-,19-/m1/s1. The lowest BCUT2D eigenvalue weighted by Gasteiger charge is -2.30. The Labute approximate surface area is 173 Å². The molecule has 0 amide bonds. The van der Waals surface area contributed by atoms with Gasteiger partial charge in [0.1, 0.15) is 6.61 Å². The molecule has 2 aliphatic heterocycles. The highest BCUT2D eigenvalue weighted by Crippen LogP contribution is 2.40. The average molecular weight is 416 g/mol. The third-order valence-electron chi connectivity index (χ3n) is 5.22. The van der Waals surface area contributed by atoms with Crippen LogP contribution in [0.2, 0.25) is 0 Å². The molecule has 0 bridgehead atoms. The maximum atomic E-state index is 13.0. The van der Waals surface area contributed by atoms with Crippen LogP contribution in [-0.2, 0) is 23.8 Å². The minimum Gasteiger partial charge on any atom is -0.466 e. The molecule has 9 nitrogen and oxygen atoms in total. The molecule has 0 radical (unpaired) electrons. The molecule has 0 aliphatic carbocycles. The zero-order valence-electron chi connectivity index (χ0n) is 17.1. The van der Waals surface area contributed by atoms with Crippen molar-refractivity contribution in [2.75, 3.05) is 20.3 Å². The van der Waals surface area contributed by atoms with Gasteiger partial charge in [-0.15, -0.1) is 0 Å². The van der Waals surface area contributed by atoms with Gasteiger partial charge in [-0.2, -0.15) is 0 Å². The number of carbonyl (C=O) groups excluding carboxylic acids is 2. The third kappa shape index (κ3) is 4.35. The monoisotopic (exact) mass is 416 g/mol. The van der Waals surface area contributed by atoms with Gasteiger partial charge < -0.3 is 19.5 Å². The first-order valence-corrected chi connectivity index (χ1v) is 9.63. The lowest BCUT2D eigenvalue weighted by Crippen LogP contribution is -2.33. The normalized spacial score (nSPS) is 21.3. The largest absolute Gasteiger partial charge is 0.466 e. The van der Waals surface area contributed by atoms with Crippen LogP contribution >= 0.6 is 0 Å². The Balaban J connectivity index is 2.02. The lowest BCUT2D eigenvalue weighted by atomic mass is 9.80. The van der Waals surface area contributed by atoms with E-state index in [4.69, 9.17) is 14.2 Å². The second kappa shape index (κ2) is 9.08. The highest BCUT2D eigenvalue weighted by Gasteiger charge is 2.38. The van der Waals surface area contributed by atoms with E-state index >= 15 is 0 Å². The van der Waals surface area contributed by atoms with Gasteiger partial charge in [0.15, 0.2) is 0 Å². The molecule has 160 valence electrons. The Morgan fingerprint density at radius 1 is 1.23 bits per heavy atom. The molecule has 0 unspecified atom stereocenters. The number of hydrogen-bond donors (Lipinski definition) is 1. The number of hydrogen-bond acceptors (Lipinski definition) is 8. The van der Waals surface area contributed by atoms with Gasteiger partial charge in [-0.05, 0) is 32.3 Å². The van der Waals surface area contributed by atoms with Crippen molar-refractivity contribution in [2.24, 2.45) is 0 Å². The van der Waals surface area contributed by atoms with E-state index in [0.29, 0.717) is 23.6 Å². The fourth-order valence-electron chi connectivity index (χ4n) is 3.82. The highest BCUT2D eigenvalue weighted by atomic mass is 16.6. The number of ether oxygens (including phenoxy) is 3. The number of nitrogens with one attached hydrogen (secondary N) is 1. The molecular formula is C21H24N2O7. The van der Waals surface area contributed by atoms with Crippen molar-refractivity contribution in [3.63, 3.8) is 0 Å². The van der Waals surface area contributed by atoms with Crippen molar-refractivity contribution < 1.29 is 28.7 Å². The van der Waals surface area contributed by atoms with Crippen LogP contribution in [0.5, 0.6) is 0 Å². The van der Waals surface area contributed by atoms with Crippen molar-refractivity contribution in [2.45, 2.75) is 38.7 Å². The lowest BCUT2D eigenvalue weighted by molar-refractivity contribution is -0.384. The van der Waals surface area contributed by atoms with E-state index in [1.165, 1.54) is 25.3 Å². The van der Waals surface area contributed by atoms with Crippen LogP contribution in [0.25, 0.3) is 0 Å². The fourth-order valence-corrected chi connectivity index (χ4v) is 3.82. The number of carbonyl (C=O) groups is 2. The number of nitrogens with zero attached hydrogens (tertiary/aromatic N) is 1. The topological polar surface area (TPSA) is 117 Å². The Morgan fingerprint density at radius 2 is 1.93 bits per heavy atom. The summed E-state index contributed by atoms with van der Waals surface area (Å²) in [5.74, 6) is -2.11. The SMILES string of the molecule is COC(=O)C1=C(C)NC(C)=C(C(=O)OC[C@H]2CCCO2)[C@@H]1c1cccc([N+](=O)[O-])c1. The number of rotatable bonds is 6. The molecule has 1 fully saturated rings. The molecule has 0 aromatic heterocycles. The summed E-state index contributed by atoms with van der Waals surface area (Å²) in [6.07, 6.45) is 1.57. The molecule has 30 heavy (non-hydrogen) atoms. The minimum atomic E-state index is -0.865. The number of benzene rings is 1. The van der Waals surface area contributed by atoms with E-state index in [2.05, 4.69) is 5.32 Å². The van der Waals surface area contributed by atoms with Gasteiger partial charge in [0, 0.05) is 30.1 Å². The van der Waals surface area contributed by atoms with Crippen LogP contribution in [0.15, 0.2) is 46.8 Å². The number of nitro groups is 1. The summed E-state index contributed by atoms with van der Waals surface area (Å²) in [4.78, 5) is 36.4. The predicted molar refractivity (Wildman–Crippen MR) is 106 cm³/mol. The quantitative estimate of drug-likeness (QED) is 0.427. The minimum absolute atomic E-state index is 0.105. The number of methoxy groups -OCH3 is 1. The summed E-state index contributed by atoms with van der Waals surface area (Å²) in [5, 5.41) is 14.3. The van der Waals surface area contributed by atoms with E-state index in [0.717, 1.165) is 12.8 Å². The van der Waals surface area contributed by atoms with Gasteiger partial charge in [-0.1, -0.05) is 12.1 Å². The first-order valence-electron chi connectivity index (χ1n) is 9.63. The molecular weight excluding hydrogens is 392 g/mol. The molecule has 2 atom stereocenters. The molecule has 1 N–H and O–H groups in total. The van der Waals surface area contributed by atoms with Crippen LogP contribution in [0.3, 0.4) is 0 Å². The van der Waals surface area contributed by atoms with Crippen molar-refractivity contribution in [3.05, 3.63) is 62.5 Å². The molecule has 1 aromatic carbocycles. The summed E-state index contributed by atoms with van der Waals surface area (Å²) in [6.45, 7) is 4.13. The maximum Gasteiger partial charge on any atom is 0.336 e. The van der Waals surface area contributed by atoms with Crippen LogP contribution in [0, 0.1) is 10.1 Å². The fraction of sp³-hybridized carbons (Fsp3) is 0.429. The second-order valence-corrected chi connectivity index (χ2v) is 7.21. The Hall–Kier alpha value is -3.20. The highest BCUT2D eigenvalue weighted by molar-refractivity contribution is 5.99. The number of nitro benzene ring substituents is 1. The molecule has 3 rings (SSSR count). The summed E-state index contributed by atoms with van der Waals surface area (Å²) < 4.78 is 15.9. The second-order valence-electron chi connectivity index (χ2n) is 7.21.